The van der Waals surface area contributed by atoms with Crippen molar-refractivity contribution in [2.45, 2.75) is 6.10 Å². The molecule has 5 nitrogen and oxygen atoms in total. The monoisotopic (exact) mass is 188 g/mol. The molecule has 0 radical (unpaired) electrons. The second-order valence-electron chi connectivity index (χ2n) is 3.48. The molecular weight excluding hydrogens is 172 g/mol. The highest BCUT2D eigenvalue weighted by molar-refractivity contribution is 5.65. The molecule has 5 heteroatoms. The summed E-state index contributed by atoms with van der Waals surface area (Å²) in [5, 5.41) is 8.75. The molecule has 13 heavy (non-hydrogen) atoms. The van der Waals surface area contributed by atoms with E-state index in [1.165, 1.54) is 4.90 Å². The molecule has 1 atom stereocenters. The van der Waals surface area contributed by atoms with Gasteiger partial charge in [0.05, 0.1) is 19.3 Å². The van der Waals surface area contributed by atoms with Crippen molar-refractivity contribution in [2.24, 2.45) is 0 Å². The minimum atomic E-state index is -0.855. The quantitative estimate of drug-likeness (QED) is 0.659. The van der Waals surface area contributed by atoms with E-state index in [9.17, 15) is 4.79 Å². The van der Waals surface area contributed by atoms with Crippen LogP contribution in [0.5, 0.6) is 0 Å². The molecule has 0 saturated carbocycles. The molecule has 0 spiro atoms. The first-order chi connectivity index (χ1) is 6.09. The van der Waals surface area contributed by atoms with Crippen LogP contribution in [0.4, 0.5) is 4.79 Å². The molecule has 1 N–H and O–H groups in total. The predicted octanol–water partition coefficient (Wildman–Crippen LogP) is -0.0732. The van der Waals surface area contributed by atoms with E-state index >= 15 is 0 Å². The first-order valence-corrected chi connectivity index (χ1v) is 4.34. The van der Waals surface area contributed by atoms with Crippen LogP contribution in [0.25, 0.3) is 0 Å². The van der Waals surface area contributed by atoms with Gasteiger partial charge in [-0.1, -0.05) is 0 Å². The predicted molar refractivity (Wildman–Crippen MR) is 47.9 cm³/mol. The van der Waals surface area contributed by atoms with E-state index in [1.807, 2.05) is 19.0 Å². The van der Waals surface area contributed by atoms with Gasteiger partial charge in [-0.05, 0) is 14.1 Å². The third kappa shape index (κ3) is 3.20. The molecule has 0 bridgehead atoms. The Morgan fingerprint density at radius 1 is 1.69 bits per heavy atom. The molecule has 0 aliphatic carbocycles. The number of nitrogens with zero attached hydrogens (tertiary/aromatic N) is 2. The Kier molecular flexibility index (Phi) is 3.50. The highest BCUT2D eigenvalue weighted by Gasteiger charge is 2.23. The van der Waals surface area contributed by atoms with E-state index in [0.717, 1.165) is 6.54 Å². The summed E-state index contributed by atoms with van der Waals surface area (Å²) in [6, 6.07) is 0. The first kappa shape index (κ1) is 10.3. The maximum absolute atomic E-state index is 10.6. The lowest BCUT2D eigenvalue weighted by Gasteiger charge is -2.32. The number of hydrogen-bond acceptors (Lipinski definition) is 3. The van der Waals surface area contributed by atoms with Gasteiger partial charge in [-0.15, -0.1) is 0 Å². The molecule has 1 aliphatic heterocycles. The Labute approximate surface area is 77.9 Å². The molecule has 1 unspecified atom stereocenters. The van der Waals surface area contributed by atoms with Crippen molar-refractivity contribution in [3.63, 3.8) is 0 Å². The van der Waals surface area contributed by atoms with Crippen LogP contribution in [0.3, 0.4) is 0 Å². The maximum Gasteiger partial charge on any atom is 0.407 e. The molecule has 1 saturated heterocycles. The Hall–Kier alpha value is -0.810. The fraction of sp³-hybridized carbons (Fsp3) is 0.875. The molecule has 0 aromatic heterocycles. The lowest BCUT2D eigenvalue weighted by molar-refractivity contribution is -0.0313. The van der Waals surface area contributed by atoms with Crippen LogP contribution in [0.1, 0.15) is 0 Å². The number of likely N-dealkylation sites (N-methyl/N-ethyl adjacent to an activating group) is 1. The van der Waals surface area contributed by atoms with Crippen molar-refractivity contribution in [2.75, 3.05) is 40.3 Å². The summed E-state index contributed by atoms with van der Waals surface area (Å²) in [5.41, 5.74) is 0. The number of morpholine rings is 1. The highest BCUT2D eigenvalue weighted by atomic mass is 16.5. The Balaban J connectivity index is 2.37. The van der Waals surface area contributed by atoms with Crippen LogP contribution in [0, 0.1) is 0 Å². The van der Waals surface area contributed by atoms with Gasteiger partial charge in [-0.2, -0.15) is 0 Å². The zero-order valence-corrected chi connectivity index (χ0v) is 8.06. The average Bonchev–Trinajstić information content (AvgIpc) is 2.03. The minimum Gasteiger partial charge on any atom is -0.465 e. The number of carboxylic acid groups (broad SMARTS) is 1. The van der Waals surface area contributed by atoms with Crippen molar-refractivity contribution in [1.29, 1.82) is 0 Å². The minimum absolute atomic E-state index is 0.0137. The smallest absolute Gasteiger partial charge is 0.407 e. The van der Waals surface area contributed by atoms with E-state index in [1.54, 1.807) is 0 Å². The van der Waals surface area contributed by atoms with Gasteiger partial charge >= 0.3 is 6.09 Å². The van der Waals surface area contributed by atoms with Crippen molar-refractivity contribution in [1.82, 2.24) is 9.80 Å². The number of carbonyl (C=O) groups is 1. The van der Waals surface area contributed by atoms with Crippen LogP contribution in [0.15, 0.2) is 0 Å². The zero-order chi connectivity index (χ0) is 9.84. The van der Waals surface area contributed by atoms with Gasteiger partial charge in [0.15, 0.2) is 0 Å². The van der Waals surface area contributed by atoms with E-state index in [4.69, 9.17) is 9.84 Å². The zero-order valence-electron chi connectivity index (χ0n) is 8.06. The molecule has 1 fully saturated rings. The third-order valence-electron chi connectivity index (χ3n) is 1.98. The van der Waals surface area contributed by atoms with E-state index < -0.39 is 6.09 Å². The van der Waals surface area contributed by atoms with Gasteiger partial charge in [0, 0.05) is 13.1 Å². The van der Waals surface area contributed by atoms with Crippen LogP contribution in [-0.4, -0.2) is 67.4 Å². The molecule has 0 aromatic rings. The molecule has 1 aliphatic rings. The molecular formula is C8H16N2O3. The summed E-state index contributed by atoms with van der Waals surface area (Å²) in [7, 11) is 3.89. The van der Waals surface area contributed by atoms with E-state index in [2.05, 4.69) is 0 Å². The summed E-state index contributed by atoms with van der Waals surface area (Å²) < 4.78 is 5.42. The normalized spacial score (nSPS) is 23.6. The number of hydrogen-bond donors (Lipinski definition) is 1. The summed E-state index contributed by atoms with van der Waals surface area (Å²) in [6.07, 6.45) is -0.841. The largest absolute Gasteiger partial charge is 0.465 e. The molecule has 0 aromatic carbocycles. The van der Waals surface area contributed by atoms with Crippen molar-refractivity contribution < 1.29 is 14.6 Å². The van der Waals surface area contributed by atoms with Crippen LogP contribution < -0.4 is 0 Å². The van der Waals surface area contributed by atoms with Gasteiger partial charge in [0.1, 0.15) is 0 Å². The van der Waals surface area contributed by atoms with Crippen molar-refractivity contribution in [3.05, 3.63) is 0 Å². The Morgan fingerprint density at radius 3 is 2.92 bits per heavy atom. The highest BCUT2D eigenvalue weighted by Crippen LogP contribution is 2.05. The third-order valence-corrected chi connectivity index (χ3v) is 1.98. The average molecular weight is 188 g/mol. The lowest BCUT2D eigenvalue weighted by atomic mass is 10.2. The van der Waals surface area contributed by atoms with Crippen molar-refractivity contribution in [3.8, 4) is 0 Å². The summed E-state index contributed by atoms with van der Waals surface area (Å²) in [4.78, 5) is 14.0. The second kappa shape index (κ2) is 4.43. The number of amides is 1. The van der Waals surface area contributed by atoms with Crippen molar-refractivity contribution >= 4 is 6.09 Å². The fourth-order valence-corrected chi connectivity index (χ4v) is 1.41. The fourth-order valence-electron chi connectivity index (χ4n) is 1.41. The Bertz CT molecular complexity index is 184. The van der Waals surface area contributed by atoms with Crippen LogP contribution in [-0.2, 0) is 4.74 Å². The summed E-state index contributed by atoms with van der Waals surface area (Å²) in [6.45, 7) is 2.24. The van der Waals surface area contributed by atoms with Crippen LogP contribution >= 0.6 is 0 Å². The van der Waals surface area contributed by atoms with Gasteiger partial charge < -0.3 is 19.6 Å². The van der Waals surface area contributed by atoms with Gasteiger partial charge in [-0.25, -0.2) is 4.79 Å². The standard InChI is InChI=1S/C8H16N2O3/c1-9(2)5-7-6-10(8(11)12)3-4-13-7/h7H,3-6H2,1-2H3,(H,11,12). The molecule has 1 amide bonds. The van der Waals surface area contributed by atoms with Crippen LogP contribution in [0.2, 0.25) is 0 Å². The topological polar surface area (TPSA) is 53.0 Å². The van der Waals surface area contributed by atoms with E-state index in [0.29, 0.717) is 19.7 Å². The van der Waals surface area contributed by atoms with Gasteiger partial charge in [0.2, 0.25) is 0 Å². The molecule has 1 rings (SSSR count). The number of rotatable bonds is 2. The Morgan fingerprint density at radius 2 is 2.38 bits per heavy atom. The SMILES string of the molecule is CN(C)CC1CN(C(=O)O)CCO1. The molecule has 76 valence electrons. The van der Waals surface area contributed by atoms with Gasteiger partial charge in [-0.3, -0.25) is 0 Å². The number of ether oxygens (including phenoxy) is 1. The maximum atomic E-state index is 10.6. The van der Waals surface area contributed by atoms with Gasteiger partial charge in [0.25, 0.3) is 0 Å². The molecule has 1 heterocycles. The second-order valence-corrected chi connectivity index (χ2v) is 3.48. The lowest BCUT2D eigenvalue weighted by Crippen LogP contribution is -2.48. The summed E-state index contributed by atoms with van der Waals surface area (Å²) >= 11 is 0. The van der Waals surface area contributed by atoms with E-state index in [-0.39, 0.29) is 6.10 Å². The first-order valence-electron chi connectivity index (χ1n) is 4.34. The summed E-state index contributed by atoms with van der Waals surface area (Å²) in [5.74, 6) is 0.